The Labute approximate surface area is 196 Å². The molecule has 0 nitrogen and oxygen atoms in total. The highest BCUT2D eigenvalue weighted by Gasteiger charge is 2.56. The Morgan fingerprint density at radius 2 is 1.33 bits per heavy atom. The summed E-state index contributed by atoms with van der Waals surface area (Å²) >= 11 is 0. The first-order chi connectivity index (χ1) is 16.2. The summed E-state index contributed by atoms with van der Waals surface area (Å²) in [6.07, 6.45) is 7.79. The molecular formula is C33H28. The van der Waals surface area contributed by atoms with Gasteiger partial charge in [0, 0.05) is 16.7 Å². The van der Waals surface area contributed by atoms with Crippen LogP contribution in [0.25, 0.3) is 17.2 Å². The molecule has 2 aliphatic rings. The molecule has 2 atom stereocenters. The van der Waals surface area contributed by atoms with Crippen molar-refractivity contribution in [1.82, 2.24) is 0 Å². The predicted molar refractivity (Wildman–Crippen MR) is 139 cm³/mol. The van der Waals surface area contributed by atoms with Crippen LogP contribution in [-0.2, 0) is 10.8 Å². The summed E-state index contributed by atoms with van der Waals surface area (Å²) < 4.78 is 0. The first-order valence-corrected chi connectivity index (χ1v) is 11.8. The Hall–Kier alpha value is -3.64. The minimum absolute atomic E-state index is 0.206. The van der Waals surface area contributed by atoms with Crippen LogP contribution in [-0.4, -0.2) is 0 Å². The lowest BCUT2D eigenvalue weighted by molar-refractivity contribution is 0.263. The molecule has 0 aromatic heterocycles. The van der Waals surface area contributed by atoms with Gasteiger partial charge in [0.1, 0.15) is 0 Å². The molecule has 0 amide bonds. The second kappa shape index (κ2) is 7.46. The summed E-state index contributed by atoms with van der Waals surface area (Å²) in [5.74, 6) is 0.225. The van der Waals surface area contributed by atoms with E-state index < -0.39 is 0 Å². The van der Waals surface area contributed by atoms with Gasteiger partial charge in [0.05, 0.1) is 0 Å². The van der Waals surface area contributed by atoms with Crippen LogP contribution in [0.3, 0.4) is 0 Å². The molecule has 0 fully saturated rings. The van der Waals surface area contributed by atoms with E-state index in [1.807, 2.05) is 0 Å². The Bertz CT molecular complexity index is 1330. The molecule has 160 valence electrons. The van der Waals surface area contributed by atoms with Crippen molar-refractivity contribution in [2.24, 2.45) is 0 Å². The molecule has 2 unspecified atom stereocenters. The van der Waals surface area contributed by atoms with E-state index in [0.29, 0.717) is 0 Å². The van der Waals surface area contributed by atoms with E-state index in [9.17, 15) is 0 Å². The van der Waals surface area contributed by atoms with Crippen LogP contribution in [0.2, 0.25) is 0 Å². The number of allylic oxidation sites excluding steroid dienone is 2. The number of benzene rings is 4. The van der Waals surface area contributed by atoms with E-state index in [4.69, 9.17) is 0 Å². The molecule has 0 spiro atoms. The third kappa shape index (κ3) is 2.64. The van der Waals surface area contributed by atoms with E-state index in [2.05, 4.69) is 135 Å². The first kappa shape index (κ1) is 20.0. The number of hydrogen-bond acceptors (Lipinski definition) is 0. The number of rotatable bonds is 5. The van der Waals surface area contributed by atoms with Crippen molar-refractivity contribution in [2.75, 3.05) is 0 Å². The molecule has 33 heavy (non-hydrogen) atoms. The van der Waals surface area contributed by atoms with Gasteiger partial charge in [-0.25, -0.2) is 0 Å². The van der Waals surface area contributed by atoms with Crippen molar-refractivity contribution in [1.29, 1.82) is 0 Å². The molecule has 0 heterocycles. The van der Waals surface area contributed by atoms with Gasteiger partial charge in [-0.15, -0.1) is 6.58 Å². The van der Waals surface area contributed by atoms with Gasteiger partial charge in [-0.2, -0.15) is 0 Å². The highest BCUT2D eigenvalue weighted by Crippen LogP contribution is 2.63. The topological polar surface area (TPSA) is 0 Å². The first-order valence-electron chi connectivity index (χ1n) is 11.8. The Morgan fingerprint density at radius 1 is 0.758 bits per heavy atom. The van der Waals surface area contributed by atoms with Gasteiger partial charge in [0.2, 0.25) is 0 Å². The lowest BCUT2D eigenvalue weighted by atomic mass is 9.51. The van der Waals surface area contributed by atoms with Gasteiger partial charge >= 0.3 is 0 Å². The lowest BCUT2D eigenvalue weighted by Gasteiger charge is -2.51. The summed E-state index contributed by atoms with van der Waals surface area (Å²) in [7, 11) is 0. The molecule has 0 heteroatoms. The van der Waals surface area contributed by atoms with Crippen LogP contribution < -0.4 is 0 Å². The Morgan fingerprint density at radius 3 is 2.00 bits per heavy atom. The summed E-state index contributed by atoms with van der Waals surface area (Å²) in [5.41, 5.74) is 9.23. The normalized spacial score (nSPS) is 20.0. The second-order valence-electron chi connectivity index (χ2n) is 9.56. The third-order valence-corrected chi connectivity index (χ3v) is 8.17. The van der Waals surface area contributed by atoms with Crippen molar-refractivity contribution in [3.05, 3.63) is 150 Å². The zero-order valence-corrected chi connectivity index (χ0v) is 19.0. The molecule has 0 radical (unpaired) electrons. The molecule has 4 aromatic rings. The van der Waals surface area contributed by atoms with Crippen LogP contribution in [0.4, 0.5) is 0 Å². The fourth-order valence-corrected chi connectivity index (χ4v) is 6.68. The average molecular weight is 425 g/mol. The summed E-state index contributed by atoms with van der Waals surface area (Å²) in [6, 6.07) is 38.0. The van der Waals surface area contributed by atoms with Crippen molar-refractivity contribution in [3.8, 4) is 11.1 Å². The van der Waals surface area contributed by atoms with E-state index >= 15 is 0 Å². The maximum absolute atomic E-state index is 4.23. The van der Waals surface area contributed by atoms with Crippen molar-refractivity contribution in [2.45, 2.75) is 30.1 Å². The van der Waals surface area contributed by atoms with Crippen molar-refractivity contribution >= 4 is 6.08 Å². The minimum Gasteiger partial charge on any atom is -0.103 e. The molecule has 0 saturated heterocycles. The summed E-state index contributed by atoms with van der Waals surface area (Å²) in [4.78, 5) is 0. The second-order valence-corrected chi connectivity index (χ2v) is 9.56. The van der Waals surface area contributed by atoms with Crippen LogP contribution in [0, 0.1) is 0 Å². The predicted octanol–water partition coefficient (Wildman–Crippen LogP) is 8.30. The van der Waals surface area contributed by atoms with Crippen molar-refractivity contribution in [3.63, 3.8) is 0 Å². The Kier molecular flexibility index (Phi) is 4.52. The quantitative estimate of drug-likeness (QED) is 0.283. The Balaban J connectivity index is 1.72. The zero-order valence-electron chi connectivity index (χ0n) is 19.0. The fraction of sp³-hybridized carbons (Fsp3) is 0.152. The van der Waals surface area contributed by atoms with Crippen LogP contribution in [0.15, 0.2) is 122 Å². The zero-order chi connectivity index (χ0) is 22.5. The van der Waals surface area contributed by atoms with E-state index in [1.165, 1.54) is 38.9 Å². The maximum Gasteiger partial charge on any atom is 0.0279 e. The van der Waals surface area contributed by atoms with E-state index in [0.717, 1.165) is 6.42 Å². The smallest absolute Gasteiger partial charge is 0.0279 e. The fourth-order valence-electron chi connectivity index (χ4n) is 6.68. The molecule has 6 rings (SSSR count). The summed E-state index contributed by atoms with van der Waals surface area (Å²) in [5, 5.41) is 0. The lowest BCUT2D eigenvalue weighted by Crippen LogP contribution is -2.49. The molecular weight excluding hydrogens is 396 g/mol. The molecule has 2 aliphatic carbocycles. The highest BCUT2D eigenvalue weighted by atomic mass is 14.6. The highest BCUT2D eigenvalue weighted by molar-refractivity contribution is 5.81. The van der Waals surface area contributed by atoms with Gasteiger partial charge < -0.3 is 0 Å². The number of hydrogen-bond donors (Lipinski definition) is 0. The third-order valence-electron chi connectivity index (χ3n) is 8.17. The molecule has 0 aliphatic heterocycles. The van der Waals surface area contributed by atoms with Gasteiger partial charge in [0.25, 0.3) is 0 Å². The van der Waals surface area contributed by atoms with Crippen molar-refractivity contribution < 1.29 is 0 Å². The maximum atomic E-state index is 4.23. The van der Waals surface area contributed by atoms with E-state index in [-0.39, 0.29) is 16.7 Å². The number of fused-ring (bicyclic) bond motifs is 4. The van der Waals surface area contributed by atoms with Gasteiger partial charge in [-0.05, 0) is 45.4 Å². The SMILES string of the molecule is C=CCC1(C(C)(c2ccccc2)C2c3ccccc3-c3ccccc32)C=Cc2ccccc21. The van der Waals surface area contributed by atoms with Gasteiger partial charge in [-0.1, -0.05) is 128 Å². The molecule has 0 saturated carbocycles. The largest absolute Gasteiger partial charge is 0.103 e. The van der Waals surface area contributed by atoms with Crippen LogP contribution >= 0.6 is 0 Å². The van der Waals surface area contributed by atoms with Crippen LogP contribution in [0.1, 0.15) is 47.1 Å². The van der Waals surface area contributed by atoms with Gasteiger partial charge in [0.15, 0.2) is 0 Å². The molecule has 0 N–H and O–H groups in total. The van der Waals surface area contributed by atoms with Crippen LogP contribution in [0.5, 0.6) is 0 Å². The summed E-state index contributed by atoms with van der Waals surface area (Å²) in [6.45, 7) is 6.72. The average Bonchev–Trinajstić information content (AvgIpc) is 3.42. The molecule has 4 aromatic carbocycles. The molecule has 0 bridgehead atoms. The monoisotopic (exact) mass is 424 g/mol. The minimum atomic E-state index is -0.228. The van der Waals surface area contributed by atoms with E-state index in [1.54, 1.807) is 0 Å². The standard InChI is InChI=1S/C33H28/c1-3-22-33(23-21-24-13-7-12-20-30(24)33)32(2,25-14-5-4-6-15-25)31-28-18-10-8-16-26(28)27-17-9-11-19-29(27)31/h3-21,23,31H,1,22H2,2H3. The van der Waals surface area contributed by atoms with Gasteiger partial charge in [-0.3, -0.25) is 0 Å².